The van der Waals surface area contributed by atoms with Crippen molar-refractivity contribution in [1.82, 2.24) is 24.9 Å². The third-order valence-electron chi connectivity index (χ3n) is 4.28. The molecule has 2 aromatic heterocycles. The largest absolute Gasteiger partial charge is 0.444 e. The third-order valence-corrected chi connectivity index (χ3v) is 4.28. The first kappa shape index (κ1) is 17.5. The summed E-state index contributed by atoms with van der Waals surface area (Å²) in [6.45, 7) is 13.0. The molecule has 0 saturated carbocycles. The standard InChI is InChI=1S/C18H27N5O2/c1-11(2)23-16(12(3)9-19-23)15-13-10-22(8-7-14(13)20-21-15)17(24)25-18(4,5)6/h9,11H,7-8,10H2,1-6H3,(H,20,21). The van der Waals surface area contributed by atoms with Gasteiger partial charge < -0.3 is 9.64 Å². The number of hydrogen-bond acceptors (Lipinski definition) is 4. The Morgan fingerprint density at radius 1 is 1.36 bits per heavy atom. The van der Waals surface area contributed by atoms with Gasteiger partial charge in [0, 0.05) is 30.3 Å². The van der Waals surface area contributed by atoms with Crippen molar-refractivity contribution in [3.05, 3.63) is 23.0 Å². The van der Waals surface area contributed by atoms with E-state index in [1.54, 1.807) is 4.90 Å². The highest BCUT2D eigenvalue weighted by Gasteiger charge is 2.30. The summed E-state index contributed by atoms with van der Waals surface area (Å²) in [5, 5.41) is 12.2. The van der Waals surface area contributed by atoms with E-state index in [9.17, 15) is 4.79 Å². The van der Waals surface area contributed by atoms with Crippen molar-refractivity contribution < 1.29 is 9.53 Å². The molecule has 0 fully saturated rings. The molecule has 2 aromatic rings. The van der Waals surface area contributed by atoms with Gasteiger partial charge >= 0.3 is 6.09 Å². The highest BCUT2D eigenvalue weighted by atomic mass is 16.6. The third kappa shape index (κ3) is 3.41. The van der Waals surface area contributed by atoms with Crippen molar-refractivity contribution >= 4 is 6.09 Å². The quantitative estimate of drug-likeness (QED) is 0.904. The number of amides is 1. The minimum absolute atomic E-state index is 0.238. The molecule has 7 heteroatoms. The minimum Gasteiger partial charge on any atom is -0.444 e. The highest BCUT2D eigenvalue weighted by Crippen LogP contribution is 2.32. The summed E-state index contributed by atoms with van der Waals surface area (Å²) in [6, 6.07) is 0.238. The Bertz CT molecular complexity index is 782. The molecule has 0 spiro atoms. The maximum Gasteiger partial charge on any atom is 0.410 e. The van der Waals surface area contributed by atoms with E-state index in [1.807, 2.05) is 38.6 Å². The number of carbonyl (C=O) groups excluding carboxylic acids is 1. The number of aromatic amines is 1. The molecule has 0 unspecified atom stereocenters. The van der Waals surface area contributed by atoms with E-state index in [0.29, 0.717) is 13.1 Å². The summed E-state index contributed by atoms with van der Waals surface area (Å²) in [5.74, 6) is 0. The second-order valence-corrected chi connectivity index (χ2v) is 7.90. The van der Waals surface area contributed by atoms with Crippen molar-refractivity contribution in [2.24, 2.45) is 0 Å². The van der Waals surface area contributed by atoms with Crippen LogP contribution in [0.2, 0.25) is 0 Å². The molecule has 0 saturated heterocycles. The van der Waals surface area contributed by atoms with Gasteiger partial charge in [0.2, 0.25) is 0 Å². The fourth-order valence-corrected chi connectivity index (χ4v) is 3.11. The van der Waals surface area contributed by atoms with Crippen molar-refractivity contribution in [1.29, 1.82) is 0 Å². The van der Waals surface area contributed by atoms with Crippen LogP contribution >= 0.6 is 0 Å². The molecule has 0 bridgehead atoms. The molecule has 0 aliphatic carbocycles. The fraction of sp³-hybridized carbons (Fsp3) is 0.611. The monoisotopic (exact) mass is 345 g/mol. The fourth-order valence-electron chi connectivity index (χ4n) is 3.11. The van der Waals surface area contributed by atoms with Gasteiger partial charge in [0.1, 0.15) is 11.3 Å². The number of aromatic nitrogens is 4. The molecule has 7 nitrogen and oxygen atoms in total. The number of nitrogens with one attached hydrogen (secondary N) is 1. The van der Waals surface area contributed by atoms with Gasteiger partial charge in [-0.25, -0.2) is 4.79 Å². The normalized spacial score (nSPS) is 14.8. The molecule has 136 valence electrons. The van der Waals surface area contributed by atoms with Gasteiger partial charge in [0.15, 0.2) is 0 Å². The summed E-state index contributed by atoms with van der Waals surface area (Å²) in [6.07, 6.45) is 2.33. The molecular formula is C18H27N5O2. The van der Waals surface area contributed by atoms with Crippen LogP contribution < -0.4 is 0 Å². The van der Waals surface area contributed by atoms with Crippen LogP contribution in [0.1, 0.15) is 57.5 Å². The molecule has 1 aliphatic heterocycles. The average molecular weight is 345 g/mol. The van der Waals surface area contributed by atoms with E-state index in [0.717, 1.165) is 34.6 Å². The molecule has 1 N–H and O–H groups in total. The zero-order valence-corrected chi connectivity index (χ0v) is 15.9. The van der Waals surface area contributed by atoms with Gasteiger partial charge in [0.25, 0.3) is 0 Å². The molecule has 0 aromatic carbocycles. The van der Waals surface area contributed by atoms with Crippen molar-refractivity contribution in [2.75, 3.05) is 6.54 Å². The first-order chi connectivity index (χ1) is 11.7. The van der Waals surface area contributed by atoms with Crippen LogP contribution in [0.5, 0.6) is 0 Å². The van der Waals surface area contributed by atoms with E-state index in [2.05, 4.69) is 29.1 Å². The van der Waals surface area contributed by atoms with Crippen LogP contribution in [-0.2, 0) is 17.7 Å². The molecular weight excluding hydrogens is 318 g/mol. The van der Waals surface area contributed by atoms with Crippen LogP contribution in [0.15, 0.2) is 6.20 Å². The number of aryl methyl sites for hydroxylation is 1. The number of nitrogens with zero attached hydrogens (tertiary/aromatic N) is 4. The molecule has 1 amide bonds. The van der Waals surface area contributed by atoms with Crippen molar-refractivity contribution in [3.8, 4) is 11.4 Å². The molecule has 0 radical (unpaired) electrons. The Kier molecular flexibility index (Phi) is 4.34. The second-order valence-electron chi connectivity index (χ2n) is 7.90. The van der Waals surface area contributed by atoms with E-state index >= 15 is 0 Å². The number of carbonyl (C=O) groups is 1. The van der Waals surface area contributed by atoms with Crippen LogP contribution in [-0.4, -0.2) is 43.1 Å². The number of H-pyrrole nitrogens is 1. The van der Waals surface area contributed by atoms with Crippen LogP contribution in [0.4, 0.5) is 4.79 Å². The van der Waals surface area contributed by atoms with Gasteiger partial charge in [-0.2, -0.15) is 10.2 Å². The van der Waals surface area contributed by atoms with E-state index < -0.39 is 5.60 Å². The van der Waals surface area contributed by atoms with Crippen molar-refractivity contribution in [2.45, 2.75) is 66.2 Å². The molecule has 1 aliphatic rings. The zero-order valence-electron chi connectivity index (χ0n) is 15.9. The summed E-state index contributed by atoms with van der Waals surface area (Å²) < 4.78 is 7.51. The van der Waals surface area contributed by atoms with E-state index in [1.165, 1.54) is 0 Å². The van der Waals surface area contributed by atoms with Gasteiger partial charge in [-0.15, -0.1) is 0 Å². The lowest BCUT2D eigenvalue weighted by Gasteiger charge is -2.30. The Labute approximate surface area is 148 Å². The average Bonchev–Trinajstić information content (AvgIpc) is 3.07. The number of fused-ring (bicyclic) bond motifs is 1. The van der Waals surface area contributed by atoms with Gasteiger partial charge in [-0.05, 0) is 47.1 Å². The summed E-state index contributed by atoms with van der Waals surface area (Å²) in [7, 11) is 0. The van der Waals surface area contributed by atoms with Crippen molar-refractivity contribution in [3.63, 3.8) is 0 Å². The molecule has 25 heavy (non-hydrogen) atoms. The highest BCUT2D eigenvalue weighted by molar-refractivity contribution is 5.70. The SMILES string of the molecule is Cc1cnn(C(C)C)c1-c1n[nH]c2c1CN(C(=O)OC(C)(C)C)CC2. The zero-order chi connectivity index (χ0) is 18.4. The predicted octanol–water partition coefficient (Wildman–Crippen LogP) is 3.46. The maximum absolute atomic E-state index is 12.4. The van der Waals surface area contributed by atoms with Crippen LogP contribution in [0.3, 0.4) is 0 Å². The lowest BCUT2D eigenvalue weighted by molar-refractivity contribution is 0.0224. The molecule has 3 heterocycles. The Morgan fingerprint density at radius 2 is 2.08 bits per heavy atom. The topological polar surface area (TPSA) is 76.0 Å². The Balaban J connectivity index is 1.93. The Morgan fingerprint density at radius 3 is 2.72 bits per heavy atom. The van der Waals surface area contributed by atoms with Gasteiger partial charge in [-0.1, -0.05) is 0 Å². The first-order valence-corrected chi connectivity index (χ1v) is 8.76. The van der Waals surface area contributed by atoms with E-state index in [-0.39, 0.29) is 12.1 Å². The minimum atomic E-state index is -0.497. The number of rotatable bonds is 2. The summed E-state index contributed by atoms with van der Waals surface area (Å²) in [5.41, 5.74) is 4.62. The first-order valence-electron chi connectivity index (χ1n) is 8.76. The summed E-state index contributed by atoms with van der Waals surface area (Å²) in [4.78, 5) is 14.2. The number of ether oxygens (including phenoxy) is 1. The summed E-state index contributed by atoms with van der Waals surface area (Å²) >= 11 is 0. The van der Waals surface area contributed by atoms with Crippen LogP contribution in [0.25, 0.3) is 11.4 Å². The smallest absolute Gasteiger partial charge is 0.410 e. The predicted molar refractivity (Wildman–Crippen MR) is 95.3 cm³/mol. The maximum atomic E-state index is 12.4. The second kappa shape index (κ2) is 6.20. The lowest BCUT2D eigenvalue weighted by Crippen LogP contribution is -2.39. The molecule has 0 atom stereocenters. The van der Waals surface area contributed by atoms with Gasteiger partial charge in [-0.3, -0.25) is 9.78 Å². The number of hydrogen-bond donors (Lipinski definition) is 1. The van der Waals surface area contributed by atoms with Crippen LogP contribution in [0, 0.1) is 6.92 Å². The Hall–Kier alpha value is -2.31. The van der Waals surface area contributed by atoms with Gasteiger partial charge in [0.05, 0.1) is 18.4 Å². The van der Waals surface area contributed by atoms with E-state index in [4.69, 9.17) is 4.74 Å². The lowest BCUT2D eigenvalue weighted by atomic mass is 10.0. The molecule has 3 rings (SSSR count).